The van der Waals surface area contributed by atoms with Crippen LogP contribution >= 0.6 is 11.3 Å². The minimum atomic E-state index is 1.01. The highest BCUT2D eigenvalue weighted by molar-refractivity contribution is 7.20. The monoisotopic (exact) mass is 298 g/mol. The van der Waals surface area contributed by atoms with Gasteiger partial charge in [-0.05, 0) is 34.9 Å². The SMILES string of the molecule is CCCCN(C)c1cc[n+](-c2nc3ccccc3s2)cc1. The van der Waals surface area contributed by atoms with Gasteiger partial charge in [-0.25, -0.2) is 0 Å². The quantitative estimate of drug-likeness (QED) is 0.668. The van der Waals surface area contributed by atoms with Gasteiger partial charge in [0.25, 0.3) is 0 Å². The van der Waals surface area contributed by atoms with Crippen molar-refractivity contribution in [2.45, 2.75) is 19.8 Å². The van der Waals surface area contributed by atoms with Gasteiger partial charge in [-0.1, -0.05) is 25.5 Å². The summed E-state index contributed by atoms with van der Waals surface area (Å²) in [5.41, 5.74) is 2.31. The maximum Gasteiger partial charge on any atom is 0.388 e. The fourth-order valence-corrected chi connectivity index (χ4v) is 3.23. The molecule has 3 aromatic rings. The van der Waals surface area contributed by atoms with Crippen LogP contribution in [0.4, 0.5) is 5.69 Å². The Morgan fingerprint density at radius 2 is 1.90 bits per heavy atom. The van der Waals surface area contributed by atoms with E-state index in [1.807, 2.05) is 6.07 Å². The Morgan fingerprint density at radius 3 is 2.62 bits per heavy atom. The number of benzene rings is 1. The van der Waals surface area contributed by atoms with Gasteiger partial charge in [-0.3, -0.25) is 0 Å². The lowest BCUT2D eigenvalue weighted by molar-refractivity contribution is -0.595. The number of pyridine rings is 1. The number of nitrogens with zero attached hydrogens (tertiary/aromatic N) is 3. The van der Waals surface area contributed by atoms with Gasteiger partial charge in [-0.15, -0.1) is 0 Å². The molecule has 0 aliphatic rings. The number of thiazole rings is 1. The number of unbranched alkanes of at least 4 members (excludes halogenated alkanes) is 1. The van der Waals surface area contributed by atoms with Gasteiger partial charge in [0.2, 0.25) is 0 Å². The van der Waals surface area contributed by atoms with Crippen LogP contribution in [-0.4, -0.2) is 18.6 Å². The van der Waals surface area contributed by atoms with Gasteiger partial charge in [0.05, 0.1) is 17.1 Å². The fraction of sp³-hybridized carbons (Fsp3) is 0.294. The molecule has 0 radical (unpaired) electrons. The zero-order valence-corrected chi connectivity index (χ0v) is 13.3. The molecule has 3 rings (SSSR count). The van der Waals surface area contributed by atoms with Crippen LogP contribution in [0.5, 0.6) is 0 Å². The van der Waals surface area contributed by atoms with Crippen molar-refractivity contribution in [3.8, 4) is 5.13 Å². The Kier molecular flexibility index (Phi) is 4.15. The van der Waals surface area contributed by atoms with Crippen LogP contribution in [0.2, 0.25) is 0 Å². The molecule has 0 saturated carbocycles. The molecule has 2 heterocycles. The molecule has 0 spiro atoms. The van der Waals surface area contributed by atoms with E-state index in [9.17, 15) is 0 Å². The second kappa shape index (κ2) is 6.22. The summed E-state index contributed by atoms with van der Waals surface area (Å²) in [6, 6.07) is 12.6. The molecule has 0 aliphatic carbocycles. The maximum absolute atomic E-state index is 4.67. The highest BCUT2D eigenvalue weighted by Crippen LogP contribution is 2.21. The first-order valence-electron chi connectivity index (χ1n) is 7.36. The van der Waals surface area contributed by atoms with Gasteiger partial charge in [0.15, 0.2) is 5.52 Å². The smallest absolute Gasteiger partial charge is 0.374 e. The number of fused-ring (bicyclic) bond motifs is 1. The average molecular weight is 298 g/mol. The van der Waals surface area contributed by atoms with E-state index < -0.39 is 0 Å². The van der Waals surface area contributed by atoms with Gasteiger partial charge >= 0.3 is 5.13 Å². The minimum absolute atomic E-state index is 1.01. The van der Waals surface area contributed by atoms with Crippen LogP contribution in [0.3, 0.4) is 0 Å². The Hall–Kier alpha value is -1.94. The molecule has 1 aromatic carbocycles. The average Bonchev–Trinajstić information content (AvgIpc) is 2.96. The lowest BCUT2D eigenvalue weighted by Crippen LogP contribution is -2.30. The molecule has 21 heavy (non-hydrogen) atoms. The van der Waals surface area contributed by atoms with Crippen molar-refractivity contribution >= 4 is 27.2 Å². The molecule has 0 amide bonds. The summed E-state index contributed by atoms with van der Waals surface area (Å²) in [7, 11) is 2.15. The second-order valence-corrected chi connectivity index (χ2v) is 6.21. The summed E-state index contributed by atoms with van der Waals surface area (Å²) in [6.45, 7) is 3.32. The lowest BCUT2D eigenvalue weighted by atomic mass is 10.3. The van der Waals surface area contributed by atoms with Crippen LogP contribution in [0, 0.1) is 0 Å². The molecule has 0 aliphatic heterocycles. The first-order valence-corrected chi connectivity index (χ1v) is 8.18. The number of rotatable bonds is 5. The van der Waals surface area contributed by atoms with Crippen LogP contribution in [-0.2, 0) is 0 Å². The summed E-state index contributed by atoms with van der Waals surface area (Å²) in [5.74, 6) is 0. The van der Waals surface area contributed by atoms with Crippen molar-refractivity contribution in [1.82, 2.24) is 4.98 Å². The third-order valence-corrected chi connectivity index (χ3v) is 4.65. The van der Waals surface area contributed by atoms with Crippen LogP contribution in [0.25, 0.3) is 15.3 Å². The van der Waals surface area contributed by atoms with Gasteiger partial charge in [-0.2, -0.15) is 4.57 Å². The van der Waals surface area contributed by atoms with E-state index in [-0.39, 0.29) is 0 Å². The summed E-state index contributed by atoms with van der Waals surface area (Å²) < 4.78 is 3.31. The summed E-state index contributed by atoms with van der Waals surface area (Å²) in [4.78, 5) is 6.97. The Balaban J connectivity index is 1.83. The Morgan fingerprint density at radius 1 is 1.14 bits per heavy atom. The van der Waals surface area contributed by atoms with Crippen LogP contribution < -0.4 is 9.47 Å². The minimum Gasteiger partial charge on any atom is -0.374 e. The van der Waals surface area contributed by atoms with E-state index in [0.29, 0.717) is 0 Å². The predicted molar refractivity (Wildman–Crippen MR) is 89.3 cm³/mol. The van der Waals surface area contributed by atoms with Crippen molar-refractivity contribution in [1.29, 1.82) is 0 Å². The van der Waals surface area contributed by atoms with Gasteiger partial charge in [0, 0.05) is 31.4 Å². The van der Waals surface area contributed by atoms with E-state index in [2.05, 4.69) is 71.1 Å². The van der Waals surface area contributed by atoms with Gasteiger partial charge in [0.1, 0.15) is 0 Å². The van der Waals surface area contributed by atoms with Crippen molar-refractivity contribution in [3.63, 3.8) is 0 Å². The Bertz CT molecular complexity index is 685. The molecule has 2 aromatic heterocycles. The summed E-state index contributed by atoms with van der Waals surface area (Å²) in [6.07, 6.45) is 6.64. The summed E-state index contributed by atoms with van der Waals surface area (Å²) >= 11 is 1.72. The lowest BCUT2D eigenvalue weighted by Gasteiger charge is -2.18. The fourth-order valence-electron chi connectivity index (χ4n) is 2.30. The highest BCUT2D eigenvalue weighted by Gasteiger charge is 2.14. The zero-order valence-electron chi connectivity index (χ0n) is 12.5. The molecular weight excluding hydrogens is 278 g/mol. The number of para-hydroxylation sites is 1. The molecular formula is C17H20N3S+. The predicted octanol–water partition coefficient (Wildman–Crippen LogP) is 3.81. The van der Waals surface area contributed by atoms with E-state index in [1.54, 1.807) is 11.3 Å². The first-order chi connectivity index (χ1) is 10.3. The van der Waals surface area contributed by atoms with Crippen LogP contribution in [0.15, 0.2) is 48.8 Å². The topological polar surface area (TPSA) is 20.0 Å². The van der Waals surface area contributed by atoms with Crippen molar-refractivity contribution in [2.24, 2.45) is 0 Å². The van der Waals surface area contributed by atoms with E-state index in [0.717, 1.165) is 17.2 Å². The standard InChI is InChI=1S/C17H20N3S/c1-3-4-11-19(2)14-9-12-20(13-10-14)17-18-15-7-5-6-8-16(15)21-17/h5-10,12-13H,3-4,11H2,1-2H3/q+1. The zero-order chi connectivity index (χ0) is 14.7. The first kappa shape index (κ1) is 14.0. The highest BCUT2D eigenvalue weighted by atomic mass is 32.1. The number of anilines is 1. The molecule has 0 atom stereocenters. The molecule has 0 fully saturated rings. The number of hydrogen-bond donors (Lipinski definition) is 0. The molecule has 0 saturated heterocycles. The number of aromatic nitrogens is 2. The van der Waals surface area contributed by atoms with Crippen molar-refractivity contribution in [2.75, 3.05) is 18.5 Å². The van der Waals surface area contributed by atoms with E-state index in [4.69, 9.17) is 0 Å². The third-order valence-electron chi connectivity index (χ3n) is 3.60. The molecule has 108 valence electrons. The summed E-state index contributed by atoms with van der Waals surface area (Å²) in [5, 5.41) is 1.01. The van der Waals surface area contributed by atoms with E-state index in [1.165, 1.54) is 23.2 Å². The molecule has 0 unspecified atom stereocenters. The van der Waals surface area contributed by atoms with Gasteiger partial charge < -0.3 is 4.90 Å². The maximum atomic E-state index is 4.67. The normalized spacial score (nSPS) is 11.0. The van der Waals surface area contributed by atoms with E-state index >= 15 is 0 Å². The molecule has 3 nitrogen and oxygen atoms in total. The Labute approximate surface area is 129 Å². The van der Waals surface area contributed by atoms with Crippen molar-refractivity contribution < 1.29 is 4.57 Å². The largest absolute Gasteiger partial charge is 0.388 e. The molecule has 0 N–H and O–H groups in total. The second-order valence-electron chi connectivity index (χ2n) is 5.20. The van der Waals surface area contributed by atoms with Crippen LogP contribution in [0.1, 0.15) is 19.8 Å². The molecule has 0 bridgehead atoms. The number of hydrogen-bond acceptors (Lipinski definition) is 3. The third kappa shape index (κ3) is 3.05. The van der Waals surface area contributed by atoms with Crippen molar-refractivity contribution in [3.05, 3.63) is 48.8 Å². The molecule has 4 heteroatoms.